The zero-order valence-corrected chi connectivity index (χ0v) is 19.8. The molecule has 5 rings (SSSR count). The molecule has 0 spiro atoms. The Morgan fingerprint density at radius 1 is 1.00 bits per heavy atom. The first-order valence-corrected chi connectivity index (χ1v) is 11.9. The number of amides is 1. The highest BCUT2D eigenvalue weighted by Gasteiger charge is 2.23. The van der Waals surface area contributed by atoms with Crippen LogP contribution < -0.4 is 10.1 Å². The molecule has 1 fully saturated rings. The van der Waals surface area contributed by atoms with Crippen LogP contribution in [0.4, 0.5) is 0 Å². The van der Waals surface area contributed by atoms with Gasteiger partial charge in [-0.1, -0.05) is 24.3 Å². The third-order valence-electron chi connectivity index (χ3n) is 6.36. The number of pyridine rings is 1. The second-order valence-corrected chi connectivity index (χ2v) is 8.74. The van der Waals surface area contributed by atoms with Gasteiger partial charge < -0.3 is 10.1 Å². The van der Waals surface area contributed by atoms with E-state index in [2.05, 4.69) is 21.3 Å². The average Bonchev–Trinajstić information content (AvgIpc) is 3.37. The van der Waals surface area contributed by atoms with Crippen molar-refractivity contribution < 1.29 is 9.53 Å². The van der Waals surface area contributed by atoms with Gasteiger partial charge in [-0.25, -0.2) is 4.68 Å². The summed E-state index contributed by atoms with van der Waals surface area (Å²) in [5, 5.41) is 7.89. The smallest absolute Gasteiger partial charge is 0.272 e. The molecule has 0 aliphatic carbocycles. The third-order valence-corrected chi connectivity index (χ3v) is 6.36. The van der Waals surface area contributed by atoms with Gasteiger partial charge >= 0.3 is 0 Å². The second-order valence-electron chi connectivity index (χ2n) is 8.74. The van der Waals surface area contributed by atoms with Crippen LogP contribution in [0, 0.1) is 0 Å². The molecule has 0 unspecified atom stereocenters. The summed E-state index contributed by atoms with van der Waals surface area (Å²) in [6.07, 6.45) is 3.64. The Hall–Kier alpha value is -3.97. The van der Waals surface area contributed by atoms with Gasteiger partial charge in [0.1, 0.15) is 5.75 Å². The highest BCUT2D eigenvalue weighted by atomic mass is 16.5. The van der Waals surface area contributed by atoms with Gasteiger partial charge in [-0.05, 0) is 67.4 Å². The Balaban J connectivity index is 1.29. The number of carbonyl (C=O) groups is 1. The van der Waals surface area contributed by atoms with Crippen molar-refractivity contribution in [3.8, 4) is 22.7 Å². The number of aromatic nitrogens is 3. The second kappa shape index (κ2) is 10.5. The zero-order valence-electron chi connectivity index (χ0n) is 19.8. The molecule has 7 nitrogen and oxygen atoms in total. The molecule has 35 heavy (non-hydrogen) atoms. The molecule has 178 valence electrons. The average molecular weight is 468 g/mol. The van der Waals surface area contributed by atoms with E-state index in [0.29, 0.717) is 5.69 Å². The normalized spacial score (nSPS) is 14.5. The predicted molar refractivity (Wildman–Crippen MR) is 136 cm³/mol. The minimum atomic E-state index is -0.141. The van der Waals surface area contributed by atoms with Crippen LogP contribution in [0.3, 0.4) is 0 Å². The number of methoxy groups -OCH3 is 1. The first-order chi connectivity index (χ1) is 17.2. The number of para-hydroxylation sites is 1. The summed E-state index contributed by atoms with van der Waals surface area (Å²) in [7, 11) is 1.65. The fourth-order valence-corrected chi connectivity index (χ4v) is 4.44. The standard InChI is InChI=1S/C28H29N5O2/c1-35-25-12-10-21(11-13-25)27-19-26(31-33(27)24-8-3-2-4-9-24)28(34)30-22-14-17-32(18-15-22)20-23-7-5-6-16-29-23/h2-13,16,19,22H,14-15,17-18,20H2,1H3,(H,30,34). The van der Waals surface area contributed by atoms with E-state index in [0.717, 1.165) is 60.9 Å². The number of benzene rings is 2. The van der Waals surface area contributed by atoms with Gasteiger partial charge in [-0.3, -0.25) is 14.7 Å². The Bertz CT molecular complexity index is 1250. The number of ether oxygens (including phenoxy) is 1. The molecule has 1 aliphatic rings. The van der Waals surface area contributed by atoms with Gasteiger partial charge in [-0.15, -0.1) is 0 Å². The van der Waals surface area contributed by atoms with Gasteiger partial charge in [0.15, 0.2) is 5.69 Å². The SMILES string of the molecule is COc1ccc(-c2cc(C(=O)NC3CCN(Cc4ccccn4)CC3)nn2-c2ccccc2)cc1. The molecule has 1 amide bonds. The molecule has 0 atom stereocenters. The molecule has 0 bridgehead atoms. The Morgan fingerprint density at radius 3 is 2.43 bits per heavy atom. The van der Waals surface area contributed by atoms with Crippen molar-refractivity contribution in [3.63, 3.8) is 0 Å². The molecule has 2 aromatic heterocycles. The molecule has 4 aromatic rings. The molecule has 7 heteroatoms. The number of carbonyl (C=O) groups excluding carboxylic acids is 1. The maximum atomic E-state index is 13.2. The van der Waals surface area contributed by atoms with Gasteiger partial charge in [0.2, 0.25) is 0 Å². The highest BCUT2D eigenvalue weighted by Crippen LogP contribution is 2.26. The molecule has 2 aromatic carbocycles. The van der Waals surface area contributed by atoms with Crippen LogP contribution in [0.15, 0.2) is 85.1 Å². The monoisotopic (exact) mass is 467 g/mol. The predicted octanol–water partition coefficient (Wildman–Crippen LogP) is 4.34. The molecule has 1 aliphatic heterocycles. The summed E-state index contributed by atoms with van der Waals surface area (Å²) in [4.78, 5) is 20.0. The summed E-state index contributed by atoms with van der Waals surface area (Å²) in [5.41, 5.74) is 4.21. The lowest BCUT2D eigenvalue weighted by molar-refractivity contribution is 0.0903. The minimum Gasteiger partial charge on any atom is -0.497 e. The number of piperidine rings is 1. The van der Waals surface area contributed by atoms with E-state index in [1.165, 1.54) is 0 Å². The van der Waals surface area contributed by atoms with Gasteiger partial charge in [0.05, 0.1) is 24.2 Å². The van der Waals surface area contributed by atoms with Crippen LogP contribution in [0.5, 0.6) is 5.75 Å². The van der Waals surface area contributed by atoms with E-state index in [4.69, 9.17) is 9.84 Å². The van der Waals surface area contributed by atoms with E-state index in [-0.39, 0.29) is 11.9 Å². The zero-order chi connectivity index (χ0) is 24.0. The Labute approximate surface area is 205 Å². The fraction of sp³-hybridized carbons (Fsp3) is 0.250. The Morgan fingerprint density at radius 2 is 1.74 bits per heavy atom. The van der Waals surface area contributed by atoms with Crippen molar-refractivity contribution in [2.45, 2.75) is 25.4 Å². The van der Waals surface area contributed by atoms with E-state index >= 15 is 0 Å². The van der Waals surface area contributed by atoms with E-state index < -0.39 is 0 Å². The molecule has 1 N–H and O–H groups in total. The van der Waals surface area contributed by atoms with Gasteiger partial charge in [0.25, 0.3) is 5.91 Å². The van der Waals surface area contributed by atoms with E-state index in [1.54, 1.807) is 7.11 Å². The number of hydrogen-bond acceptors (Lipinski definition) is 5. The summed E-state index contributed by atoms with van der Waals surface area (Å²) in [5.74, 6) is 0.643. The lowest BCUT2D eigenvalue weighted by atomic mass is 10.0. The lowest BCUT2D eigenvalue weighted by Crippen LogP contribution is -2.44. The minimum absolute atomic E-state index is 0.133. The van der Waals surface area contributed by atoms with Crippen molar-refractivity contribution in [3.05, 3.63) is 96.4 Å². The van der Waals surface area contributed by atoms with E-state index in [9.17, 15) is 4.79 Å². The first-order valence-electron chi connectivity index (χ1n) is 11.9. The van der Waals surface area contributed by atoms with Crippen molar-refractivity contribution in [1.82, 2.24) is 25.0 Å². The maximum Gasteiger partial charge on any atom is 0.272 e. The van der Waals surface area contributed by atoms with Crippen molar-refractivity contribution in [2.24, 2.45) is 0 Å². The molecular weight excluding hydrogens is 438 g/mol. The number of nitrogens with one attached hydrogen (secondary N) is 1. The van der Waals surface area contributed by atoms with Crippen molar-refractivity contribution in [1.29, 1.82) is 0 Å². The molecular formula is C28H29N5O2. The van der Waals surface area contributed by atoms with Gasteiger partial charge in [0, 0.05) is 37.4 Å². The molecule has 0 saturated carbocycles. The van der Waals surface area contributed by atoms with Crippen LogP contribution in [0.25, 0.3) is 16.9 Å². The van der Waals surface area contributed by atoms with Crippen LogP contribution in [-0.4, -0.2) is 51.8 Å². The van der Waals surface area contributed by atoms with Crippen LogP contribution >= 0.6 is 0 Å². The Kier molecular flexibility index (Phi) is 6.86. The topological polar surface area (TPSA) is 72.3 Å². The maximum absolute atomic E-state index is 13.2. The van der Waals surface area contributed by atoms with E-state index in [1.807, 2.05) is 83.7 Å². The molecule has 3 heterocycles. The summed E-state index contributed by atoms with van der Waals surface area (Å²) in [6, 6.07) is 25.7. The van der Waals surface area contributed by atoms with Crippen LogP contribution in [0.2, 0.25) is 0 Å². The van der Waals surface area contributed by atoms with Crippen molar-refractivity contribution >= 4 is 5.91 Å². The van der Waals surface area contributed by atoms with Crippen LogP contribution in [-0.2, 0) is 6.54 Å². The summed E-state index contributed by atoms with van der Waals surface area (Å²) >= 11 is 0. The first kappa shape index (κ1) is 22.8. The highest BCUT2D eigenvalue weighted by molar-refractivity contribution is 5.93. The summed E-state index contributed by atoms with van der Waals surface area (Å²) < 4.78 is 7.12. The quantitative estimate of drug-likeness (QED) is 0.438. The third kappa shape index (κ3) is 5.41. The van der Waals surface area contributed by atoms with Gasteiger partial charge in [-0.2, -0.15) is 5.10 Å². The van der Waals surface area contributed by atoms with Crippen molar-refractivity contribution in [2.75, 3.05) is 20.2 Å². The molecule has 0 radical (unpaired) electrons. The largest absolute Gasteiger partial charge is 0.497 e. The molecule has 1 saturated heterocycles. The lowest BCUT2D eigenvalue weighted by Gasteiger charge is -2.31. The van der Waals surface area contributed by atoms with Crippen LogP contribution in [0.1, 0.15) is 29.0 Å². The number of rotatable bonds is 7. The number of nitrogens with zero attached hydrogens (tertiary/aromatic N) is 4. The fourth-order valence-electron chi connectivity index (χ4n) is 4.44. The number of likely N-dealkylation sites (tertiary alicyclic amines) is 1. The number of hydrogen-bond donors (Lipinski definition) is 1. The summed E-state index contributed by atoms with van der Waals surface area (Å²) in [6.45, 7) is 2.70.